The molecule has 5 atom stereocenters. The molecule has 0 radical (unpaired) electrons. The Hall–Kier alpha value is -1.12. The Morgan fingerprint density at radius 1 is 1.00 bits per heavy atom. The summed E-state index contributed by atoms with van der Waals surface area (Å²) in [6.45, 7) is 2.80. The Balaban J connectivity index is 2.82. The van der Waals surface area contributed by atoms with Crippen LogP contribution in [-0.2, 0) is 6.42 Å². The highest BCUT2D eigenvalue weighted by molar-refractivity contribution is 5.08. The molecule has 1 heterocycles. The summed E-state index contributed by atoms with van der Waals surface area (Å²) < 4.78 is 0. The van der Waals surface area contributed by atoms with Gasteiger partial charge in [0.05, 0.1) is 35.9 Å². The molecular weight excluding hydrogens is 252 g/mol. The van der Waals surface area contributed by atoms with Gasteiger partial charge in [0.2, 0.25) is 0 Å². The van der Waals surface area contributed by atoms with Crippen molar-refractivity contribution in [1.29, 1.82) is 0 Å². The van der Waals surface area contributed by atoms with Gasteiger partial charge in [0, 0.05) is 12.6 Å². The fourth-order valence-electron chi connectivity index (χ4n) is 1.49. The van der Waals surface area contributed by atoms with Crippen molar-refractivity contribution in [3.63, 3.8) is 0 Å². The molecule has 0 aliphatic carbocycles. The van der Waals surface area contributed by atoms with Crippen LogP contribution in [-0.4, -0.2) is 59.9 Å². The molecule has 0 saturated heterocycles. The van der Waals surface area contributed by atoms with E-state index in [0.29, 0.717) is 5.69 Å². The van der Waals surface area contributed by atoms with Crippen LogP contribution in [0.5, 0.6) is 0 Å². The highest BCUT2D eigenvalue weighted by Crippen LogP contribution is 2.17. The lowest BCUT2D eigenvalue weighted by Gasteiger charge is -2.20. The van der Waals surface area contributed by atoms with E-state index < -0.39 is 30.5 Å². The molecule has 0 saturated carbocycles. The van der Waals surface area contributed by atoms with Crippen LogP contribution in [0.2, 0.25) is 0 Å². The number of hydrogen-bond donors (Lipinski definition) is 5. The standard InChI is InChI=1S/C12H20N2O5/c1-6(15)10(17)3-8-4-13-5-9(14-8)12(19)11(18)7(2)16/h4-7,10-12,15-19H,3H2,1-2H3/t6-,7-,10+,11-,12-/m1/s1. The lowest BCUT2D eigenvalue weighted by atomic mass is 10.1. The minimum absolute atomic E-state index is 0.0794. The summed E-state index contributed by atoms with van der Waals surface area (Å²) >= 11 is 0. The second-order valence-electron chi connectivity index (χ2n) is 4.62. The summed E-state index contributed by atoms with van der Waals surface area (Å²) in [4.78, 5) is 7.90. The van der Waals surface area contributed by atoms with E-state index in [-0.39, 0.29) is 12.1 Å². The number of nitrogens with zero attached hydrogens (tertiary/aromatic N) is 2. The van der Waals surface area contributed by atoms with E-state index in [2.05, 4.69) is 9.97 Å². The monoisotopic (exact) mass is 272 g/mol. The fourth-order valence-corrected chi connectivity index (χ4v) is 1.49. The Morgan fingerprint density at radius 2 is 1.63 bits per heavy atom. The molecule has 0 bridgehead atoms. The molecule has 7 heteroatoms. The molecule has 0 aliphatic rings. The third kappa shape index (κ3) is 4.48. The first kappa shape index (κ1) is 15.9. The van der Waals surface area contributed by atoms with Crippen molar-refractivity contribution in [2.75, 3.05) is 0 Å². The van der Waals surface area contributed by atoms with Gasteiger partial charge in [-0.15, -0.1) is 0 Å². The van der Waals surface area contributed by atoms with Gasteiger partial charge in [-0.25, -0.2) is 0 Å². The minimum Gasteiger partial charge on any atom is -0.391 e. The van der Waals surface area contributed by atoms with Crippen LogP contribution in [0.25, 0.3) is 0 Å². The zero-order valence-corrected chi connectivity index (χ0v) is 10.9. The van der Waals surface area contributed by atoms with Crippen LogP contribution in [0.3, 0.4) is 0 Å². The zero-order valence-electron chi connectivity index (χ0n) is 10.9. The van der Waals surface area contributed by atoms with E-state index in [1.807, 2.05) is 0 Å². The largest absolute Gasteiger partial charge is 0.391 e. The maximum Gasteiger partial charge on any atom is 0.126 e. The Labute approximate surface area is 111 Å². The molecule has 0 aromatic carbocycles. The van der Waals surface area contributed by atoms with Crippen molar-refractivity contribution in [2.24, 2.45) is 0 Å². The first-order valence-electron chi connectivity index (χ1n) is 6.04. The molecule has 0 fully saturated rings. The number of aliphatic hydroxyl groups is 5. The average Bonchev–Trinajstić information content (AvgIpc) is 2.37. The smallest absolute Gasteiger partial charge is 0.126 e. The molecule has 0 amide bonds. The summed E-state index contributed by atoms with van der Waals surface area (Å²) in [7, 11) is 0. The molecule has 1 aromatic rings. The topological polar surface area (TPSA) is 127 Å². The van der Waals surface area contributed by atoms with Gasteiger partial charge in [0.25, 0.3) is 0 Å². The van der Waals surface area contributed by atoms with Gasteiger partial charge in [-0.3, -0.25) is 9.97 Å². The lowest BCUT2D eigenvalue weighted by molar-refractivity contribution is -0.0550. The van der Waals surface area contributed by atoms with Crippen LogP contribution in [0, 0.1) is 0 Å². The highest BCUT2D eigenvalue weighted by Gasteiger charge is 2.24. The normalized spacial score (nSPS) is 19.5. The van der Waals surface area contributed by atoms with E-state index >= 15 is 0 Å². The van der Waals surface area contributed by atoms with Crippen LogP contribution in [0.15, 0.2) is 12.4 Å². The Bertz CT molecular complexity index is 399. The third-order valence-electron chi connectivity index (χ3n) is 2.80. The summed E-state index contributed by atoms with van der Waals surface area (Å²) in [5, 5.41) is 47.3. The van der Waals surface area contributed by atoms with Crippen molar-refractivity contribution in [3.8, 4) is 0 Å². The molecule has 19 heavy (non-hydrogen) atoms. The van der Waals surface area contributed by atoms with Gasteiger partial charge in [-0.2, -0.15) is 0 Å². The minimum atomic E-state index is -1.37. The molecule has 1 rings (SSSR count). The fraction of sp³-hybridized carbons (Fsp3) is 0.667. The van der Waals surface area contributed by atoms with Gasteiger partial charge in [0.1, 0.15) is 12.2 Å². The molecular formula is C12H20N2O5. The lowest BCUT2D eigenvalue weighted by Crippen LogP contribution is -2.31. The first-order valence-corrected chi connectivity index (χ1v) is 6.04. The Morgan fingerprint density at radius 3 is 2.16 bits per heavy atom. The second kappa shape index (κ2) is 6.88. The van der Waals surface area contributed by atoms with Crippen LogP contribution >= 0.6 is 0 Å². The number of rotatable bonds is 6. The second-order valence-corrected chi connectivity index (χ2v) is 4.62. The Kier molecular flexibility index (Phi) is 5.77. The third-order valence-corrected chi connectivity index (χ3v) is 2.80. The predicted octanol–water partition coefficient (Wildman–Crippen LogP) is -1.46. The van der Waals surface area contributed by atoms with Crippen LogP contribution < -0.4 is 0 Å². The van der Waals surface area contributed by atoms with E-state index in [1.165, 1.54) is 26.2 Å². The SMILES string of the molecule is C[C@@H](O)[C@@H](O)[C@H](O)c1cncc(C[C@H](O)[C@@H](C)O)n1. The number of hydrogen-bond acceptors (Lipinski definition) is 7. The highest BCUT2D eigenvalue weighted by atomic mass is 16.4. The first-order chi connectivity index (χ1) is 8.82. The van der Waals surface area contributed by atoms with E-state index in [0.717, 1.165) is 0 Å². The van der Waals surface area contributed by atoms with Gasteiger partial charge >= 0.3 is 0 Å². The van der Waals surface area contributed by atoms with Crippen molar-refractivity contribution in [1.82, 2.24) is 9.97 Å². The average molecular weight is 272 g/mol. The van der Waals surface area contributed by atoms with Crippen molar-refractivity contribution < 1.29 is 25.5 Å². The molecule has 1 aromatic heterocycles. The summed E-state index contributed by atoms with van der Waals surface area (Å²) in [5.41, 5.74) is 0.478. The van der Waals surface area contributed by atoms with Gasteiger partial charge in [0.15, 0.2) is 0 Å². The van der Waals surface area contributed by atoms with Crippen molar-refractivity contribution in [2.45, 2.75) is 50.8 Å². The summed E-state index contributed by atoms with van der Waals surface area (Å²) in [6.07, 6.45) is -2.98. The van der Waals surface area contributed by atoms with E-state index in [4.69, 9.17) is 0 Å². The maximum atomic E-state index is 9.80. The van der Waals surface area contributed by atoms with E-state index in [1.54, 1.807) is 0 Å². The summed E-state index contributed by atoms with van der Waals surface area (Å²) in [6, 6.07) is 0. The molecule has 7 nitrogen and oxygen atoms in total. The quantitative estimate of drug-likeness (QED) is 0.428. The zero-order chi connectivity index (χ0) is 14.6. The van der Waals surface area contributed by atoms with Crippen molar-refractivity contribution in [3.05, 3.63) is 23.8 Å². The van der Waals surface area contributed by atoms with Crippen LogP contribution in [0.1, 0.15) is 31.3 Å². The number of aliphatic hydroxyl groups excluding tert-OH is 5. The predicted molar refractivity (Wildman–Crippen MR) is 66.1 cm³/mol. The molecule has 0 spiro atoms. The summed E-state index contributed by atoms with van der Waals surface area (Å²) in [5.74, 6) is 0. The van der Waals surface area contributed by atoms with Crippen LogP contribution in [0.4, 0.5) is 0 Å². The number of aromatic nitrogens is 2. The van der Waals surface area contributed by atoms with Gasteiger partial charge in [-0.05, 0) is 13.8 Å². The van der Waals surface area contributed by atoms with Crippen molar-refractivity contribution >= 4 is 0 Å². The molecule has 5 N–H and O–H groups in total. The molecule has 108 valence electrons. The maximum absolute atomic E-state index is 9.80. The van der Waals surface area contributed by atoms with E-state index in [9.17, 15) is 25.5 Å². The van der Waals surface area contributed by atoms with Gasteiger partial charge < -0.3 is 25.5 Å². The molecule has 0 unspecified atom stereocenters. The van der Waals surface area contributed by atoms with Gasteiger partial charge in [-0.1, -0.05) is 0 Å². The molecule has 0 aliphatic heterocycles.